The van der Waals surface area contributed by atoms with Crippen molar-refractivity contribution >= 4 is 11.7 Å². The number of rotatable bonds is 4. The highest BCUT2D eigenvalue weighted by Crippen LogP contribution is 2.22. The van der Waals surface area contributed by atoms with Gasteiger partial charge in [0.05, 0.1) is 0 Å². The van der Waals surface area contributed by atoms with Crippen molar-refractivity contribution in [2.45, 2.75) is 0 Å². The number of nitrogens with zero attached hydrogens (tertiary/aromatic N) is 4. The van der Waals surface area contributed by atoms with Crippen molar-refractivity contribution < 1.29 is 9.32 Å². The molecule has 0 aliphatic rings. The second kappa shape index (κ2) is 6.36. The summed E-state index contributed by atoms with van der Waals surface area (Å²) in [6.45, 7) is 0. The molecular weight excluding hydrogens is 320 g/mol. The number of amides is 1. The molecule has 0 aliphatic carbocycles. The molecule has 4 rings (SSSR count). The standard InChI is InChI=1S/C17H12N6O2/c24-17(12-4-1-3-11(7-12)16-19-10-20-22-16)21-15-8-14(25-23-15)13-5-2-6-18-9-13/h1-10H,(H,19,20,22)(H,21,23,24). The molecule has 3 aromatic heterocycles. The zero-order valence-corrected chi connectivity index (χ0v) is 12.9. The van der Waals surface area contributed by atoms with Gasteiger partial charge in [0.25, 0.3) is 5.91 Å². The van der Waals surface area contributed by atoms with Crippen LogP contribution in [0.5, 0.6) is 0 Å². The van der Waals surface area contributed by atoms with Crippen molar-refractivity contribution in [3.05, 3.63) is 66.7 Å². The number of hydrogen-bond donors (Lipinski definition) is 2. The number of H-pyrrole nitrogens is 1. The van der Waals surface area contributed by atoms with Gasteiger partial charge in [-0.1, -0.05) is 17.3 Å². The van der Waals surface area contributed by atoms with Gasteiger partial charge in [0, 0.05) is 35.2 Å². The van der Waals surface area contributed by atoms with Gasteiger partial charge in [0.15, 0.2) is 17.4 Å². The average molecular weight is 332 g/mol. The minimum absolute atomic E-state index is 0.299. The molecule has 0 fully saturated rings. The summed E-state index contributed by atoms with van der Waals surface area (Å²) < 4.78 is 5.24. The first-order valence-electron chi connectivity index (χ1n) is 7.44. The quantitative estimate of drug-likeness (QED) is 0.594. The number of anilines is 1. The number of nitrogens with one attached hydrogen (secondary N) is 2. The van der Waals surface area contributed by atoms with E-state index in [1.54, 1.807) is 42.7 Å². The molecule has 0 spiro atoms. The van der Waals surface area contributed by atoms with Gasteiger partial charge in [-0.15, -0.1) is 0 Å². The van der Waals surface area contributed by atoms with E-state index < -0.39 is 0 Å². The first kappa shape index (κ1) is 14.8. The molecule has 0 unspecified atom stereocenters. The molecule has 3 heterocycles. The summed E-state index contributed by atoms with van der Waals surface area (Å²) in [5, 5.41) is 13.2. The van der Waals surface area contributed by atoms with Gasteiger partial charge >= 0.3 is 0 Å². The summed E-state index contributed by atoms with van der Waals surface area (Å²) in [4.78, 5) is 20.5. The molecule has 0 saturated carbocycles. The maximum absolute atomic E-state index is 12.4. The highest BCUT2D eigenvalue weighted by Gasteiger charge is 2.12. The van der Waals surface area contributed by atoms with E-state index in [-0.39, 0.29) is 5.91 Å². The summed E-state index contributed by atoms with van der Waals surface area (Å²) in [6, 6.07) is 12.3. The topological polar surface area (TPSA) is 110 Å². The van der Waals surface area contributed by atoms with Crippen LogP contribution in [0.1, 0.15) is 10.4 Å². The van der Waals surface area contributed by atoms with Crippen LogP contribution < -0.4 is 5.32 Å². The molecule has 8 heteroatoms. The van der Waals surface area contributed by atoms with Gasteiger partial charge in [-0.25, -0.2) is 4.98 Å². The van der Waals surface area contributed by atoms with E-state index in [4.69, 9.17) is 4.52 Å². The van der Waals surface area contributed by atoms with Crippen LogP contribution in [-0.4, -0.2) is 31.2 Å². The first-order chi connectivity index (χ1) is 12.3. The minimum atomic E-state index is -0.299. The first-order valence-corrected chi connectivity index (χ1v) is 7.44. The number of pyridine rings is 1. The van der Waals surface area contributed by atoms with Crippen LogP contribution in [-0.2, 0) is 0 Å². The van der Waals surface area contributed by atoms with Crippen molar-refractivity contribution in [2.24, 2.45) is 0 Å². The van der Waals surface area contributed by atoms with Crippen molar-refractivity contribution in [3.63, 3.8) is 0 Å². The number of carbonyl (C=O) groups excluding carboxylic acids is 1. The Kier molecular flexibility index (Phi) is 3.76. The third kappa shape index (κ3) is 3.13. The van der Waals surface area contributed by atoms with Gasteiger partial charge in [-0.3, -0.25) is 14.9 Å². The molecule has 8 nitrogen and oxygen atoms in total. The number of hydrogen-bond acceptors (Lipinski definition) is 6. The predicted octanol–water partition coefficient (Wildman–Crippen LogP) is 2.77. The van der Waals surface area contributed by atoms with Gasteiger partial charge in [0.2, 0.25) is 0 Å². The van der Waals surface area contributed by atoms with E-state index in [2.05, 4.69) is 30.6 Å². The molecule has 2 N–H and O–H groups in total. The van der Waals surface area contributed by atoms with E-state index in [0.717, 1.165) is 11.1 Å². The smallest absolute Gasteiger partial charge is 0.256 e. The van der Waals surface area contributed by atoms with E-state index in [0.29, 0.717) is 23.0 Å². The molecule has 122 valence electrons. The Labute approximate surface area is 141 Å². The fourth-order valence-electron chi connectivity index (χ4n) is 2.32. The zero-order chi connectivity index (χ0) is 17.1. The summed E-state index contributed by atoms with van der Waals surface area (Å²) in [7, 11) is 0. The van der Waals surface area contributed by atoms with E-state index in [1.807, 2.05) is 12.1 Å². The Morgan fingerprint density at radius 3 is 2.84 bits per heavy atom. The second-order valence-electron chi connectivity index (χ2n) is 5.19. The van der Waals surface area contributed by atoms with Crippen molar-refractivity contribution in [1.82, 2.24) is 25.3 Å². The molecule has 0 bridgehead atoms. The fourth-order valence-corrected chi connectivity index (χ4v) is 2.32. The predicted molar refractivity (Wildman–Crippen MR) is 89.5 cm³/mol. The van der Waals surface area contributed by atoms with Gasteiger partial charge in [-0.2, -0.15) is 5.10 Å². The van der Waals surface area contributed by atoms with E-state index in [9.17, 15) is 4.79 Å². The Balaban J connectivity index is 1.53. The van der Waals surface area contributed by atoms with Crippen molar-refractivity contribution in [2.75, 3.05) is 5.32 Å². The summed E-state index contributed by atoms with van der Waals surface area (Å²) in [5.41, 5.74) is 2.02. The SMILES string of the molecule is O=C(Nc1cc(-c2cccnc2)on1)c1cccc(-c2ncn[nH]2)c1. The minimum Gasteiger partial charge on any atom is -0.354 e. The number of aromatic nitrogens is 5. The summed E-state index contributed by atoms with van der Waals surface area (Å²) in [5.74, 6) is 1.15. The normalized spacial score (nSPS) is 10.6. The van der Waals surface area contributed by atoms with Crippen LogP contribution in [0.3, 0.4) is 0 Å². The second-order valence-corrected chi connectivity index (χ2v) is 5.19. The molecule has 1 aromatic carbocycles. The van der Waals surface area contributed by atoms with E-state index in [1.165, 1.54) is 6.33 Å². The van der Waals surface area contributed by atoms with Gasteiger partial charge < -0.3 is 9.84 Å². The Morgan fingerprint density at radius 2 is 2.04 bits per heavy atom. The lowest BCUT2D eigenvalue weighted by Gasteiger charge is -2.03. The third-order valence-corrected chi connectivity index (χ3v) is 3.51. The third-order valence-electron chi connectivity index (χ3n) is 3.51. The van der Waals surface area contributed by atoms with E-state index >= 15 is 0 Å². The summed E-state index contributed by atoms with van der Waals surface area (Å²) in [6.07, 6.45) is 4.74. The van der Waals surface area contributed by atoms with Crippen molar-refractivity contribution in [3.8, 4) is 22.7 Å². The highest BCUT2D eigenvalue weighted by atomic mass is 16.5. The molecular formula is C17H12N6O2. The lowest BCUT2D eigenvalue weighted by Crippen LogP contribution is -2.12. The Bertz CT molecular complexity index is 995. The van der Waals surface area contributed by atoms with Crippen LogP contribution >= 0.6 is 0 Å². The van der Waals surface area contributed by atoms with Crippen LogP contribution in [0.2, 0.25) is 0 Å². The van der Waals surface area contributed by atoms with Gasteiger partial charge in [-0.05, 0) is 24.3 Å². The summed E-state index contributed by atoms with van der Waals surface area (Å²) >= 11 is 0. The maximum atomic E-state index is 12.4. The van der Waals surface area contributed by atoms with Crippen LogP contribution in [0, 0.1) is 0 Å². The highest BCUT2D eigenvalue weighted by molar-refractivity contribution is 6.04. The molecule has 4 aromatic rings. The average Bonchev–Trinajstić information content (AvgIpc) is 3.35. The zero-order valence-electron chi connectivity index (χ0n) is 12.9. The molecule has 0 saturated heterocycles. The van der Waals surface area contributed by atoms with Gasteiger partial charge in [0.1, 0.15) is 6.33 Å². The van der Waals surface area contributed by atoms with Crippen molar-refractivity contribution in [1.29, 1.82) is 0 Å². The maximum Gasteiger partial charge on any atom is 0.256 e. The van der Waals surface area contributed by atoms with Crippen LogP contribution in [0.25, 0.3) is 22.7 Å². The monoisotopic (exact) mass is 332 g/mol. The number of benzene rings is 1. The Hall–Kier alpha value is -3.81. The molecule has 0 radical (unpaired) electrons. The van der Waals surface area contributed by atoms with Crippen LogP contribution in [0.4, 0.5) is 5.82 Å². The lowest BCUT2D eigenvalue weighted by molar-refractivity contribution is 0.102. The molecule has 1 amide bonds. The molecule has 25 heavy (non-hydrogen) atoms. The molecule has 0 atom stereocenters. The van der Waals surface area contributed by atoms with Crippen LogP contribution in [0.15, 0.2) is 65.7 Å². The molecule has 0 aliphatic heterocycles. The largest absolute Gasteiger partial charge is 0.354 e. The number of aromatic amines is 1. The Morgan fingerprint density at radius 1 is 1.12 bits per heavy atom. The fraction of sp³-hybridized carbons (Fsp3) is 0. The lowest BCUT2D eigenvalue weighted by atomic mass is 10.1. The number of carbonyl (C=O) groups is 1.